The molecular formula is C21H31N3O5S. The second kappa shape index (κ2) is 10.9. The minimum Gasteiger partial charge on any atom is -0.376 e. The molecule has 1 aliphatic heterocycles. The van der Waals surface area contributed by atoms with E-state index in [1.165, 1.54) is 6.42 Å². The molecule has 1 saturated heterocycles. The van der Waals surface area contributed by atoms with Gasteiger partial charge in [0.25, 0.3) is 0 Å². The molecule has 2 aliphatic rings. The zero-order valence-corrected chi connectivity index (χ0v) is 18.0. The Bertz CT molecular complexity index is 814. The number of nitrogens with one attached hydrogen (secondary N) is 3. The standard InChI is InChI=1S/C21H31N3O5S/c25-20(21(26)23-15-18-7-4-14-29-18)22-13-12-16-8-10-19(11-9-16)30(27,28)24-17-5-2-1-3-6-17/h8-11,17-18,24H,1-7,12-15H2,(H,22,25)(H,23,26). The second-order valence-electron chi connectivity index (χ2n) is 7.95. The Morgan fingerprint density at radius 2 is 1.63 bits per heavy atom. The third-order valence-corrected chi connectivity index (χ3v) is 7.12. The van der Waals surface area contributed by atoms with Crippen LogP contribution < -0.4 is 15.4 Å². The SMILES string of the molecule is O=C(NCCc1ccc(S(=O)(=O)NC2CCCCC2)cc1)C(=O)NCC1CCCO1. The average molecular weight is 438 g/mol. The highest BCUT2D eigenvalue weighted by molar-refractivity contribution is 7.89. The van der Waals surface area contributed by atoms with Crippen LogP contribution in [0.3, 0.4) is 0 Å². The quantitative estimate of drug-likeness (QED) is 0.530. The van der Waals surface area contributed by atoms with Crippen LogP contribution in [0.1, 0.15) is 50.5 Å². The van der Waals surface area contributed by atoms with Gasteiger partial charge in [-0.15, -0.1) is 0 Å². The van der Waals surface area contributed by atoms with Crippen molar-refractivity contribution in [3.63, 3.8) is 0 Å². The maximum absolute atomic E-state index is 12.5. The van der Waals surface area contributed by atoms with Gasteiger partial charge in [-0.2, -0.15) is 0 Å². The van der Waals surface area contributed by atoms with Gasteiger partial charge in [0.15, 0.2) is 0 Å². The lowest BCUT2D eigenvalue weighted by Crippen LogP contribution is -2.43. The zero-order chi connectivity index (χ0) is 21.4. The summed E-state index contributed by atoms with van der Waals surface area (Å²) in [4.78, 5) is 23.9. The summed E-state index contributed by atoms with van der Waals surface area (Å²) in [7, 11) is -3.52. The van der Waals surface area contributed by atoms with Crippen molar-refractivity contribution in [1.29, 1.82) is 0 Å². The van der Waals surface area contributed by atoms with Gasteiger partial charge < -0.3 is 15.4 Å². The van der Waals surface area contributed by atoms with E-state index >= 15 is 0 Å². The molecule has 3 rings (SSSR count). The maximum Gasteiger partial charge on any atom is 0.309 e. The van der Waals surface area contributed by atoms with Crippen LogP contribution in [0.2, 0.25) is 0 Å². The van der Waals surface area contributed by atoms with Crippen LogP contribution in [0, 0.1) is 0 Å². The lowest BCUT2D eigenvalue weighted by Gasteiger charge is -2.22. The molecule has 1 aliphatic carbocycles. The molecule has 0 bridgehead atoms. The van der Waals surface area contributed by atoms with Crippen LogP contribution in [0.4, 0.5) is 0 Å². The zero-order valence-electron chi connectivity index (χ0n) is 17.2. The van der Waals surface area contributed by atoms with Crippen molar-refractivity contribution in [2.24, 2.45) is 0 Å². The molecule has 1 heterocycles. The van der Waals surface area contributed by atoms with Gasteiger partial charge in [0.2, 0.25) is 10.0 Å². The van der Waals surface area contributed by atoms with Gasteiger partial charge in [0, 0.05) is 25.7 Å². The number of carbonyl (C=O) groups excluding carboxylic acids is 2. The Hall–Kier alpha value is -1.97. The molecule has 0 radical (unpaired) electrons. The van der Waals surface area contributed by atoms with Crippen molar-refractivity contribution in [2.45, 2.75) is 68.4 Å². The Morgan fingerprint density at radius 1 is 0.933 bits per heavy atom. The normalized spacial score (nSPS) is 20.1. The Balaban J connectivity index is 1.40. The van der Waals surface area contributed by atoms with Gasteiger partial charge in [0.05, 0.1) is 11.0 Å². The number of rotatable bonds is 8. The summed E-state index contributed by atoms with van der Waals surface area (Å²) >= 11 is 0. The van der Waals surface area contributed by atoms with Gasteiger partial charge in [-0.1, -0.05) is 31.4 Å². The number of ether oxygens (including phenoxy) is 1. The fraction of sp³-hybridized carbons (Fsp3) is 0.619. The molecule has 9 heteroatoms. The van der Waals surface area contributed by atoms with Gasteiger partial charge in [0.1, 0.15) is 0 Å². The highest BCUT2D eigenvalue weighted by Gasteiger charge is 2.22. The van der Waals surface area contributed by atoms with Crippen molar-refractivity contribution >= 4 is 21.8 Å². The number of sulfonamides is 1. The van der Waals surface area contributed by atoms with Gasteiger partial charge in [-0.3, -0.25) is 9.59 Å². The van der Waals surface area contributed by atoms with E-state index in [1.807, 2.05) is 0 Å². The first kappa shape index (κ1) is 22.7. The van der Waals surface area contributed by atoms with Crippen LogP contribution in [0.15, 0.2) is 29.2 Å². The van der Waals surface area contributed by atoms with Gasteiger partial charge in [-0.05, 0) is 49.8 Å². The predicted octanol–water partition coefficient (Wildman–Crippen LogP) is 1.25. The van der Waals surface area contributed by atoms with Crippen LogP contribution >= 0.6 is 0 Å². The van der Waals surface area contributed by atoms with Gasteiger partial charge >= 0.3 is 11.8 Å². The molecular weight excluding hydrogens is 406 g/mol. The van der Waals surface area contributed by atoms with Crippen LogP contribution in [-0.2, 0) is 30.8 Å². The number of hydrogen-bond donors (Lipinski definition) is 3. The molecule has 1 saturated carbocycles. The second-order valence-corrected chi connectivity index (χ2v) is 9.67. The third-order valence-electron chi connectivity index (χ3n) is 5.58. The summed E-state index contributed by atoms with van der Waals surface area (Å²) < 4.78 is 33.3. The molecule has 0 aromatic heterocycles. The minimum atomic E-state index is -3.52. The molecule has 8 nitrogen and oxygen atoms in total. The largest absolute Gasteiger partial charge is 0.376 e. The highest BCUT2D eigenvalue weighted by Crippen LogP contribution is 2.20. The number of amides is 2. The monoisotopic (exact) mass is 437 g/mol. The van der Waals surface area contributed by atoms with E-state index in [0.717, 1.165) is 44.1 Å². The van der Waals surface area contributed by atoms with Crippen LogP contribution in [-0.4, -0.2) is 52.1 Å². The summed E-state index contributed by atoms with van der Waals surface area (Å²) in [6.07, 6.45) is 7.42. The van der Waals surface area contributed by atoms with E-state index < -0.39 is 21.8 Å². The molecule has 1 aromatic carbocycles. The maximum atomic E-state index is 12.5. The first-order chi connectivity index (χ1) is 14.4. The molecule has 2 amide bonds. The lowest BCUT2D eigenvalue weighted by atomic mass is 9.96. The Labute approximate surface area is 178 Å². The summed E-state index contributed by atoms with van der Waals surface area (Å²) in [6.45, 7) is 1.33. The van der Waals surface area contributed by atoms with Crippen LogP contribution in [0.25, 0.3) is 0 Å². The van der Waals surface area contributed by atoms with Crippen molar-refractivity contribution < 1.29 is 22.7 Å². The van der Waals surface area contributed by atoms with Crippen molar-refractivity contribution in [1.82, 2.24) is 15.4 Å². The topological polar surface area (TPSA) is 114 Å². The Morgan fingerprint density at radius 3 is 2.30 bits per heavy atom. The van der Waals surface area contributed by atoms with E-state index in [9.17, 15) is 18.0 Å². The fourth-order valence-electron chi connectivity index (χ4n) is 3.84. The van der Waals surface area contributed by atoms with Crippen molar-refractivity contribution in [3.05, 3.63) is 29.8 Å². The molecule has 30 heavy (non-hydrogen) atoms. The summed E-state index contributed by atoms with van der Waals surface area (Å²) in [5.41, 5.74) is 0.881. The Kier molecular flexibility index (Phi) is 8.24. The summed E-state index contributed by atoms with van der Waals surface area (Å²) in [6, 6.07) is 6.65. The van der Waals surface area contributed by atoms with Crippen LogP contribution in [0.5, 0.6) is 0 Å². The molecule has 3 N–H and O–H groups in total. The third kappa shape index (κ3) is 6.78. The molecule has 2 fully saturated rings. The first-order valence-corrected chi connectivity index (χ1v) is 12.2. The molecule has 1 atom stereocenters. The molecule has 0 spiro atoms. The summed E-state index contributed by atoms with van der Waals surface area (Å²) in [5, 5.41) is 5.16. The fourth-order valence-corrected chi connectivity index (χ4v) is 5.14. The highest BCUT2D eigenvalue weighted by atomic mass is 32.2. The van der Waals surface area contributed by atoms with E-state index in [0.29, 0.717) is 26.1 Å². The first-order valence-electron chi connectivity index (χ1n) is 10.7. The van der Waals surface area contributed by atoms with E-state index in [4.69, 9.17) is 4.74 Å². The number of benzene rings is 1. The summed E-state index contributed by atoms with van der Waals surface area (Å²) in [5.74, 6) is -1.34. The van der Waals surface area contributed by atoms with E-state index in [1.54, 1.807) is 24.3 Å². The molecule has 1 aromatic rings. The number of hydrogen-bond acceptors (Lipinski definition) is 5. The molecule has 1 unspecified atom stereocenters. The molecule has 166 valence electrons. The number of carbonyl (C=O) groups is 2. The van der Waals surface area contributed by atoms with Gasteiger partial charge in [-0.25, -0.2) is 13.1 Å². The minimum absolute atomic E-state index is 0.0100. The van der Waals surface area contributed by atoms with E-state index in [2.05, 4.69) is 15.4 Å². The van der Waals surface area contributed by atoms with Crippen molar-refractivity contribution in [2.75, 3.05) is 19.7 Å². The predicted molar refractivity (Wildman–Crippen MR) is 112 cm³/mol. The van der Waals surface area contributed by atoms with E-state index in [-0.39, 0.29) is 17.0 Å². The smallest absolute Gasteiger partial charge is 0.309 e. The lowest BCUT2D eigenvalue weighted by molar-refractivity contribution is -0.139. The average Bonchev–Trinajstić information content (AvgIpc) is 3.26. The van der Waals surface area contributed by atoms with Crippen molar-refractivity contribution in [3.8, 4) is 0 Å².